The van der Waals surface area contributed by atoms with Gasteiger partial charge in [-0.1, -0.05) is 12.1 Å². The van der Waals surface area contributed by atoms with Crippen LogP contribution >= 0.6 is 0 Å². The van der Waals surface area contributed by atoms with E-state index in [1.807, 2.05) is 12.1 Å². The first kappa shape index (κ1) is 17.0. The first-order valence-electron chi connectivity index (χ1n) is 9.56. The summed E-state index contributed by atoms with van der Waals surface area (Å²) in [6.45, 7) is 4.42. The second kappa shape index (κ2) is 7.42. The highest BCUT2D eigenvalue weighted by atomic mass is 19.1. The van der Waals surface area contributed by atoms with E-state index in [0.717, 1.165) is 64.1 Å². The topological polar surface area (TPSA) is 32.8 Å². The lowest BCUT2D eigenvalue weighted by atomic mass is 9.92. The van der Waals surface area contributed by atoms with Gasteiger partial charge in [0, 0.05) is 51.4 Å². The summed E-state index contributed by atoms with van der Waals surface area (Å²) in [6.07, 6.45) is 4.81. The number of rotatable bonds is 4. The zero-order valence-corrected chi connectivity index (χ0v) is 14.7. The van der Waals surface area contributed by atoms with Crippen LogP contribution in [0.25, 0.3) is 0 Å². The molecule has 25 heavy (non-hydrogen) atoms. The monoisotopic (exact) mass is 346 g/mol. The number of hydrogen-bond donors (Lipinski definition) is 0. The number of hydrogen-bond acceptors (Lipinski definition) is 3. The molecule has 3 aliphatic rings. The van der Waals surface area contributed by atoms with Crippen molar-refractivity contribution in [3.05, 3.63) is 35.6 Å². The SMILES string of the molecule is O=C1CCC2C(CCN2Cc2ccc(F)cc2)N1CC1CCOCC1. The molecule has 5 heteroatoms. The van der Waals surface area contributed by atoms with Gasteiger partial charge in [0.2, 0.25) is 5.91 Å². The van der Waals surface area contributed by atoms with E-state index in [4.69, 9.17) is 4.74 Å². The van der Waals surface area contributed by atoms with E-state index in [-0.39, 0.29) is 5.82 Å². The molecule has 0 saturated carbocycles. The molecule has 3 heterocycles. The Morgan fingerprint density at radius 1 is 1.04 bits per heavy atom. The van der Waals surface area contributed by atoms with E-state index < -0.39 is 0 Å². The van der Waals surface area contributed by atoms with Crippen LogP contribution in [0, 0.1) is 11.7 Å². The molecule has 3 saturated heterocycles. The summed E-state index contributed by atoms with van der Waals surface area (Å²) in [5, 5.41) is 0. The number of halogens is 1. The lowest BCUT2D eigenvalue weighted by Gasteiger charge is -2.42. The van der Waals surface area contributed by atoms with Crippen LogP contribution in [0.5, 0.6) is 0 Å². The molecule has 1 aromatic carbocycles. The fraction of sp³-hybridized carbons (Fsp3) is 0.650. The number of nitrogens with zero attached hydrogens (tertiary/aromatic N) is 2. The van der Waals surface area contributed by atoms with Gasteiger partial charge in [-0.2, -0.15) is 0 Å². The quantitative estimate of drug-likeness (QED) is 0.840. The Balaban J connectivity index is 1.42. The van der Waals surface area contributed by atoms with Gasteiger partial charge in [0.25, 0.3) is 0 Å². The third-order valence-corrected chi connectivity index (χ3v) is 6.09. The lowest BCUT2D eigenvalue weighted by molar-refractivity contribution is -0.139. The fourth-order valence-electron chi connectivity index (χ4n) is 4.70. The molecule has 0 N–H and O–H groups in total. The summed E-state index contributed by atoms with van der Waals surface area (Å²) in [5.41, 5.74) is 1.15. The third-order valence-electron chi connectivity index (χ3n) is 6.09. The number of likely N-dealkylation sites (tertiary alicyclic amines) is 2. The smallest absolute Gasteiger partial charge is 0.222 e. The zero-order chi connectivity index (χ0) is 17.2. The largest absolute Gasteiger partial charge is 0.381 e. The minimum atomic E-state index is -0.186. The fourth-order valence-corrected chi connectivity index (χ4v) is 4.70. The summed E-state index contributed by atoms with van der Waals surface area (Å²) in [6, 6.07) is 7.61. The molecule has 2 atom stereocenters. The average Bonchev–Trinajstić information content (AvgIpc) is 3.03. The number of benzene rings is 1. The van der Waals surface area contributed by atoms with Crippen molar-refractivity contribution in [2.24, 2.45) is 5.92 Å². The summed E-state index contributed by atoms with van der Waals surface area (Å²) >= 11 is 0. The first-order valence-corrected chi connectivity index (χ1v) is 9.56. The average molecular weight is 346 g/mol. The number of amides is 1. The molecule has 4 nitrogen and oxygen atoms in total. The lowest BCUT2D eigenvalue weighted by Crippen LogP contribution is -2.53. The molecule has 0 aromatic heterocycles. The highest BCUT2D eigenvalue weighted by Gasteiger charge is 2.43. The molecule has 1 aromatic rings. The van der Waals surface area contributed by atoms with Gasteiger partial charge in [-0.05, 0) is 49.3 Å². The first-order chi connectivity index (χ1) is 12.2. The molecule has 3 fully saturated rings. The summed E-state index contributed by atoms with van der Waals surface area (Å²) in [4.78, 5) is 17.2. The van der Waals surface area contributed by atoms with Crippen molar-refractivity contribution in [1.82, 2.24) is 9.80 Å². The van der Waals surface area contributed by atoms with Gasteiger partial charge in [-0.3, -0.25) is 9.69 Å². The molecule has 136 valence electrons. The molecular weight excluding hydrogens is 319 g/mol. The van der Waals surface area contributed by atoms with Crippen LogP contribution in [0.3, 0.4) is 0 Å². The molecule has 0 bridgehead atoms. The maximum Gasteiger partial charge on any atom is 0.222 e. The van der Waals surface area contributed by atoms with Crippen molar-refractivity contribution in [3.8, 4) is 0 Å². The van der Waals surface area contributed by atoms with Crippen LogP contribution in [0.4, 0.5) is 4.39 Å². The minimum absolute atomic E-state index is 0.186. The maximum atomic E-state index is 13.1. The van der Waals surface area contributed by atoms with Crippen LogP contribution in [-0.2, 0) is 16.1 Å². The van der Waals surface area contributed by atoms with E-state index in [1.54, 1.807) is 0 Å². The van der Waals surface area contributed by atoms with Gasteiger partial charge < -0.3 is 9.64 Å². The molecular formula is C20H27FN2O2. The van der Waals surface area contributed by atoms with Crippen molar-refractivity contribution in [2.45, 2.75) is 50.7 Å². The highest BCUT2D eigenvalue weighted by molar-refractivity contribution is 5.77. The second-order valence-electron chi connectivity index (χ2n) is 7.66. The van der Waals surface area contributed by atoms with Gasteiger partial charge in [-0.15, -0.1) is 0 Å². The predicted octanol–water partition coefficient (Wildman–Crippen LogP) is 2.82. The maximum absolute atomic E-state index is 13.1. The van der Waals surface area contributed by atoms with Crippen molar-refractivity contribution in [1.29, 1.82) is 0 Å². The van der Waals surface area contributed by atoms with Crippen LogP contribution in [0.1, 0.15) is 37.7 Å². The van der Waals surface area contributed by atoms with Crippen molar-refractivity contribution in [3.63, 3.8) is 0 Å². The molecule has 0 radical (unpaired) electrons. The molecule has 2 unspecified atom stereocenters. The predicted molar refractivity (Wildman–Crippen MR) is 93.5 cm³/mol. The second-order valence-corrected chi connectivity index (χ2v) is 7.66. The Morgan fingerprint density at radius 2 is 1.80 bits per heavy atom. The Labute approximate surface area is 148 Å². The van der Waals surface area contributed by atoms with Gasteiger partial charge >= 0.3 is 0 Å². The Kier molecular flexibility index (Phi) is 5.04. The third kappa shape index (κ3) is 3.72. The number of piperidine rings is 1. The van der Waals surface area contributed by atoms with Crippen LogP contribution < -0.4 is 0 Å². The van der Waals surface area contributed by atoms with Crippen molar-refractivity contribution in [2.75, 3.05) is 26.3 Å². The standard InChI is InChI=1S/C20H27FN2O2/c21-17-3-1-15(2-4-17)13-22-10-7-19-18(22)5-6-20(24)23(19)14-16-8-11-25-12-9-16/h1-4,16,18-19H,5-14H2. The van der Waals surface area contributed by atoms with Crippen molar-refractivity contribution >= 4 is 5.91 Å². The Bertz CT molecular complexity index is 600. The Morgan fingerprint density at radius 3 is 2.56 bits per heavy atom. The summed E-state index contributed by atoms with van der Waals surface area (Å²) < 4.78 is 18.6. The van der Waals surface area contributed by atoms with Crippen LogP contribution in [-0.4, -0.2) is 54.1 Å². The summed E-state index contributed by atoms with van der Waals surface area (Å²) in [5.74, 6) is 0.730. The van der Waals surface area contributed by atoms with E-state index in [9.17, 15) is 9.18 Å². The van der Waals surface area contributed by atoms with Gasteiger partial charge in [0.05, 0.1) is 0 Å². The van der Waals surface area contributed by atoms with E-state index in [0.29, 0.717) is 30.3 Å². The van der Waals surface area contributed by atoms with E-state index >= 15 is 0 Å². The van der Waals surface area contributed by atoms with Gasteiger partial charge in [-0.25, -0.2) is 4.39 Å². The highest BCUT2D eigenvalue weighted by Crippen LogP contribution is 2.33. The normalized spacial score (nSPS) is 28.4. The number of ether oxygens (including phenoxy) is 1. The molecule has 1 amide bonds. The number of fused-ring (bicyclic) bond motifs is 1. The summed E-state index contributed by atoms with van der Waals surface area (Å²) in [7, 11) is 0. The van der Waals surface area contributed by atoms with Gasteiger partial charge in [0.1, 0.15) is 5.82 Å². The number of carbonyl (C=O) groups is 1. The minimum Gasteiger partial charge on any atom is -0.381 e. The number of carbonyl (C=O) groups excluding carboxylic acids is 1. The molecule has 4 rings (SSSR count). The van der Waals surface area contributed by atoms with Crippen molar-refractivity contribution < 1.29 is 13.9 Å². The molecule has 3 aliphatic heterocycles. The molecule has 0 spiro atoms. The Hall–Kier alpha value is -1.46. The van der Waals surface area contributed by atoms with Gasteiger partial charge in [0.15, 0.2) is 0 Å². The van der Waals surface area contributed by atoms with Crippen LogP contribution in [0.2, 0.25) is 0 Å². The molecule has 0 aliphatic carbocycles. The van der Waals surface area contributed by atoms with E-state index in [1.165, 1.54) is 12.1 Å². The van der Waals surface area contributed by atoms with E-state index in [2.05, 4.69) is 9.80 Å². The zero-order valence-electron chi connectivity index (χ0n) is 14.7. The van der Waals surface area contributed by atoms with Crippen LogP contribution in [0.15, 0.2) is 24.3 Å².